The van der Waals surface area contributed by atoms with E-state index in [9.17, 15) is 4.79 Å². The van der Waals surface area contributed by atoms with Gasteiger partial charge in [0.1, 0.15) is 0 Å². The normalized spacial score (nSPS) is 29.7. The lowest BCUT2D eigenvalue weighted by molar-refractivity contribution is 0.00720. The highest BCUT2D eigenvalue weighted by molar-refractivity contribution is 7.08. The third-order valence-electron chi connectivity index (χ3n) is 5.45. The van der Waals surface area contributed by atoms with E-state index in [1.54, 1.807) is 11.3 Å². The molecule has 4 rings (SSSR count). The van der Waals surface area contributed by atoms with E-state index in [4.69, 9.17) is 4.74 Å². The molecule has 0 N–H and O–H groups in total. The van der Waals surface area contributed by atoms with E-state index in [0.717, 1.165) is 57.3 Å². The van der Waals surface area contributed by atoms with Gasteiger partial charge in [0.15, 0.2) is 0 Å². The van der Waals surface area contributed by atoms with Crippen molar-refractivity contribution in [2.75, 3.05) is 45.9 Å². The number of ether oxygens (including phenoxy) is 1. The minimum atomic E-state index is 0.134. The van der Waals surface area contributed by atoms with Crippen molar-refractivity contribution in [3.8, 4) is 0 Å². The van der Waals surface area contributed by atoms with E-state index in [2.05, 4.69) is 9.80 Å². The van der Waals surface area contributed by atoms with Crippen molar-refractivity contribution in [1.29, 1.82) is 0 Å². The topological polar surface area (TPSA) is 32.8 Å². The molecule has 0 radical (unpaired) electrons. The Hall–Kier alpha value is -0.910. The first-order valence-corrected chi connectivity index (χ1v) is 9.80. The third-order valence-corrected chi connectivity index (χ3v) is 6.13. The average Bonchev–Trinajstić information content (AvgIpc) is 3.24. The van der Waals surface area contributed by atoms with Crippen molar-refractivity contribution in [3.05, 3.63) is 22.4 Å². The molecule has 3 fully saturated rings. The molecule has 126 valence electrons. The molecule has 4 nitrogen and oxygen atoms in total. The molecule has 2 aliphatic heterocycles. The molecule has 1 spiro atoms. The molecule has 1 aromatic rings. The van der Waals surface area contributed by atoms with E-state index >= 15 is 0 Å². The number of carbonyl (C=O) groups is 1. The van der Waals surface area contributed by atoms with Gasteiger partial charge in [-0.25, -0.2) is 0 Å². The van der Waals surface area contributed by atoms with E-state index in [1.807, 2.05) is 16.8 Å². The van der Waals surface area contributed by atoms with Crippen LogP contribution >= 0.6 is 11.3 Å². The second kappa shape index (κ2) is 6.54. The zero-order valence-corrected chi connectivity index (χ0v) is 14.5. The largest absolute Gasteiger partial charge is 0.379 e. The summed E-state index contributed by atoms with van der Waals surface area (Å²) < 4.78 is 5.96. The van der Waals surface area contributed by atoms with E-state index in [-0.39, 0.29) is 11.3 Å². The van der Waals surface area contributed by atoms with Crippen molar-refractivity contribution in [3.63, 3.8) is 0 Å². The monoisotopic (exact) mass is 334 g/mol. The van der Waals surface area contributed by atoms with Crippen molar-refractivity contribution in [2.45, 2.75) is 25.7 Å². The molecule has 3 heterocycles. The standard InChI is InChI=1S/C18H26N2O2S/c21-17(16-4-9-23-11-16)20-6-1-5-18(13-20)12-19(7-8-22-14-18)10-15-2-3-15/h4,9,11,15H,1-3,5-8,10,12-14H2. The SMILES string of the molecule is O=C(c1ccsc1)N1CCCC2(COCCN(CC3CC3)C2)C1. The second-order valence-corrected chi connectivity index (χ2v) is 8.35. The number of amides is 1. The summed E-state index contributed by atoms with van der Waals surface area (Å²) >= 11 is 1.60. The number of likely N-dealkylation sites (tertiary alicyclic amines) is 1. The van der Waals surface area contributed by atoms with Gasteiger partial charge in [0, 0.05) is 43.5 Å². The Kier molecular flexibility index (Phi) is 4.43. The minimum absolute atomic E-state index is 0.134. The van der Waals surface area contributed by atoms with Crippen LogP contribution in [0.4, 0.5) is 0 Å². The van der Waals surface area contributed by atoms with Crippen LogP contribution in [0.2, 0.25) is 0 Å². The molecule has 1 unspecified atom stereocenters. The maximum Gasteiger partial charge on any atom is 0.254 e. The molecule has 1 aliphatic carbocycles. The van der Waals surface area contributed by atoms with E-state index in [1.165, 1.54) is 25.8 Å². The molecule has 23 heavy (non-hydrogen) atoms. The van der Waals surface area contributed by atoms with Crippen LogP contribution in [0.15, 0.2) is 16.8 Å². The minimum Gasteiger partial charge on any atom is -0.379 e. The lowest BCUT2D eigenvalue weighted by atomic mass is 9.80. The highest BCUT2D eigenvalue weighted by atomic mass is 32.1. The predicted octanol–water partition coefficient (Wildman–Crippen LogP) is 2.71. The van der Waals surface area contributed by atoms with Gasteiger partial charge in [0.2, 0.25) is 0 Å². The summed E-state index contributed by atoms with van der Waals surface area (Å²) in [5.41, 5.74) is 0.978. The molecule has 3 aliphatic rings. The summed E-state index contributed by atoms with van der Waals surface area (Å²) in [4.78, 5) is 17.4. The maximum absolute atomic E-state index is 12.7. The van der Waals surface area contributed by atoms with Crippen molar-refractivity contribution in [1.82, 2.24) is 9.80 Å². The summed E-state index contributed by atoms with van der Waals surface area (Å²) in [5.74, 6) is 1.11. The van der Waals surface area contributed by atoms with Crippen molar-refractivity contribution >= 4 is 17.2 Å². The fourth-order valence-corrected chi connectivity index (χ4v) is 4.73. The number of hydrogen-bond acceptors (Lipinski definition) is 4. The molecule has 1 aromatic heterocycles. The van der Waals surface area contributed by atoms with Gasteiger partial charge in [-0.2, -0.15) is 11.3 Å². The predicted molar refractivity (Wildman–Crippen MR) is 91.9 cm³/mol. The van der Waals surface area contributed by atoms with E-state index in [0.29, 0.717) is 0 Å². The number of hydrogen-bond donors (Lipinski definition) is 0. The van der Waals surface area contributed by atoms with Crippen LogP contribution < -0.4 is 0 Å². The number of nitrogens with zero attached hydrogens (tertiary/aromatic N) is 2. The summed E-state index contributed by atoms with van der Waals surface area (Å²) in [6.45, 7) is 6.76. The first-order chi connectivity index (χ1) is 11.2. The van der Waals surface area contributed by atoms with Gasteiger partial charge in [0.25, 0.3) is 5.91 Å². The summed E-state index contributed by atoms with van der Waals surface area (Å²) in [6.07, 6.45) is 5.07. The Balaban J connectivity index is 1.46. The van der Waals surface area contributed by atoms with Crippen molar-refractivity contribution < 1.29 is 9.53 Å². The lowest BCUT2D eigenvalue weighted by Gasteiger charge is -2.43. The Bertz CT molecular complexity index is 543. The number of piperidine rings is 1. The molecular weight excluding hydrogens is 308 g/mol. The molecule has 5 heteroatoms. The van der Waals surface area contributed by atoms with Gasteiger partial charge in [-0.05, 0) is 43.0 Å². The second-order valence-electron chi connectivity index (χ2n) is 7.57. The molecule has 1 saturated carbocycles. The first-order valence-electron chi connectivity index (χ1n) is 8.86. The van der Waals surface area contributed by atoms with Crippen LogP contribution in [0, 0.1) is 11.3 Å². The average molecular weight is 334 g/mol. The fourth-order valence-electron chi connectivity index (χ4n) is 4.10. The van der Waals surface area contributed by atoms with Crippen LogP contribution in [0.5, 0.6) is 0 Å². The lowest BCUT2D eigenvalue weighted by Crippen LogP contribution is -2.52. The molecule has 0 bridgehead atoms. The summed E-state index contributed by atoms with van der Waals surface area (Å²) in [7, 11) is 0. The molecule has 1 atom stereocenters. The van der Waals surface area contributed by atoms with Crippen LogP contribution in [0.1, 0.15) is 36.0 Å². The summed E-state index contributed by atoms with van der Waals surface area (Å²) in [5, 5.41) is 3.95. The van der Waals surface area contributed by atoms with Gasteiger partial charge in [-0.1, -0.05) is 0 Å². The van der Waals surface area contributed by atoms with Crippen LogP contribution in [-0.2, 0) is 4.74 Å². The van der Waals surface area contributed by atoms with Gasteiger partial charge < -0.3 is 14.5 Å². The molecular formula is C18H26N2O2S. The van der Waals surface area contributed by atoms with Crippen LogP contribution in [0.3, 0.4) is 0 Å². The van der Waals surface area contributed by atoms with E-state index < -0.39 is 0 Å². The zero-order chi connectivity index (χ0) is 15.7. The highest BCUT2D eigenvalue weighted by Crippen LogP contribution is 2.36. The van der Waals surface area contributed by atoms with Gasteiger partial charge in [-0.15, -0.1) is 0 Å². The highest BCUT2D eigenvalue weighted by Gasteiger charge is 2.41. The quantitative estimate of drug-likeness (QED) is 0.852. The van der Waals surface area contributed by atoms with Crippen molar-refractivity contribution in [2.24, 2.45) is 11.3 Å². The van der Waals surface area contributed by atoms with Gasteiger partial charge in [-0.3, -0.25) is 4.79 Å². The van der Waals surface area contributed by atoms with Gasteiger partial charge >= 0.3 is 0 Å². The Morgan fingerprint density at radius 2 is 2.26 bits per heavy atom. The third kappa shape index (κ3) is 3.62. The van der Waals surface area contributed by atoms with Crippen LogP contribution in [-0.4, -0.2) is 61.6 Å². The first kappa shape index (κ1) is 15.6. The maximum atomic E-state index is 12.7. The Labute approximate surface area is 142 Å². The Morgan fingerprint density at radius 3 is 3.04 bits per heavy atom. The molecule has 0 aromatic carbocycles. The number of rotatable bonds is 3. The van der Waals surface area contributed by atoms with Gasteiger partial charge in [0.05, 0.1) is 18.8 Å². The number of carbonyl (C=O) groups excluding carboxylic acids is 1. The molecule has 2 saturated heterocycles. The number of thiophene rings is 1. The summed E-state index contributed by atoms with van der Waals surface area (Å²) in [6, 6.07) is 1.94. The smallest absolute Gasteiger partial charge is 0.254 e. The Morgan fingerprint density at radius 1 is 1.35 bits per heavy atom. The zero-order valence-electron chi connectivity index (χ0n) is 13.7. The van der Waals surface area contributed by atoms with Crippen LogP contribution in [0.25, 0.3) is 0 Å². The molecule has 1 amide bonds. The fraction of sp³-hybridized carbons (Fsp3) is 0.722.